The van der Waals surface area contributed by atoms with E-state index in [-0.39, 0.29) is 11.7 Å². The van der Waals surface area contributed by atoms with Gasteiger partial charge in [-0.15, -0.1) is 0 Å². The number of furan rings is 1. The zero-order chi connectivity index (χ0) is 30.3. The number of amides is 2. The molecule has 1 N–H and O–H groups in total. The fourth-order valence-corrected chi connectivity index (χ4v) is 5.55. The van der Waals surface area contributed by atoms with Crippen molar-refractivity contribution >= 4 is 35.6 Å². The monoisotopic (exact) mass is 574 g/mol. The van der Waals surface area contributed by atoms with Crippen LogP contribution in [-0.4, -0.2) is 62.4 Å². The second-order valence-corrected chi connectivity index (χ2v) is 11.8. The Morgan fingerprint density at radius 2 is 1.78 bits per heavy atom. The van der Waals surface area contributed by atoms with E-state index in [0.717, 1.165) is 60.7 Å². The number of aryl methyl sites for hydroxylation is 1. The number of rotatable bonds is 9. The molecule has 9 heteroatoms. The highest BCUT2D eigenvalue weighted by molar-refractivity contribution is 5.84. The first-order chi connectivity index (χ1) is 19.6. The second kappa shape index (κ2) is 17.7. The summed E-state index contributed by atoms with van der Waals surface area (Å²) in [4.78, 5) is 33.9. The Morgan fingerprint density at radius 1 is 1.07 bits per heavy atom. The van der Waals surface area contributed by atoms with Crippen molar-refractivity contribution < 1.29 is 33.0 Å². The van der Waals surface area contributed by atoms with Crippen LogP contribution in [0, 0.1) is 18.8 Å². The molecule has 0 spiro atoms. The lowest BCUT2D eigenvalue weighted by molar-refractivity contribution is -0.128. The standard InChI is InChI=1S/C16H29NO2.C10H9NO2.C6H12O3/c1-12-14(13-8-6-5-7-9-13)10-11-17(12)15(18)19-16(2,3)4;1-7-4-8-5-9(11-6-12)2-3-10(8)13-7;1-8-4-2-3-5-9-6-7/h12-14H,5-11H2,1-4H3;2-6H,1H3,(H,11,12);6H,2-5H2,1H3. The topological polar surface area (TPSA) is 107 Å². The van der Waals surface area contributed by atoms with Crippen LogP contribution in [0.1, 0.15) is 84.8 Å². The molecule has 41 heavy (non-hydrogen) atoms. The number of hydrogen-bond acceptors (Lipinski definition) is 7. The van der Waals surface area contributed by atoms with Crippen molar-refractivity contribution in [1.29, 1.82) is 0 Å². The molecule has 2 aliphatic rings. The molecule has 1 aliphatic heterocycles. The van der Waals surface area contributed by atoms with Crippen LogP contribution in [0.5, 0.6) is 0 Å². The van der Waals surface area contributed by atoms with E-state index in [1.54, 1.807) is 13.2 Å². The van der Waals surface area contributed by atoms with E-state index in [1.165, 1.54) is 32.1 Å². The number of carbonyl (C=O) groups is 3. The van der Waals surface area contributed by atoms with Gasteiger partial charge in [0.05, 0.1) is 6.61 Å². The van der Waals surface area contributed by atoms with Crippen molar-refractivity contribution in [2.45, 2.75) is 97.6 Å². The van der Waals surface area contributed by atoms with Gasteiger partial charge in [-0.25, -0.2) is 4.79 Å². The van der Waals surface area contributed by atoms with Crippen LogP contribution in [0.25, 0.3) is 11.0 Å². The maximum absolute atomic E-state index is 12.2. The SMILES string of the molecule is CC1C(C2CCCCC2)CCN1C(=O)OC(C)(C)C.COCCCCOC=O.Cc1cc2cc(NC=O)ccc2o1. The lowest BCUT2D eigenvalue weighted by Gasteiger charge is -2.33. The van der Waals surface area contributed by atoms with Crippen molar-refractivity contribution in [3.63, 3.8) is 0 Å². The minimum atomic E-state index is -0.389. The van der Waals surface area contributed by atoms with Crippen LogP contribution in [0.4, 0.5) is 10.5 Å². The number of nitrogens with one attached hydrogen (secondary N) is 1. The summed E-state index contributed by atoms with van der Waals surface area (Å²) in [7, 11) is 1.65. The van der Waals surface area contributed by atoms with Gasteiger partial charge in [-0.05, 0) is 90.0 Å². The summed E-state index contributed by atoms with van der Waals surface area (Å²) < 4.78 is 20.1. The number of nitrogens with zero attached hydrogens (tertiary/aromatic N) is 1. The summed E-state index contributed by atoms with van der Waals surface area (Å²) in [6, 6.07) is 7.80. The van der Waals surface area contributed by atoms with E-state index in [0.29, 0.717) is 31.4 Å². The molecule has 1 saturated heterocycles. The van der Waals surface area contributed by atoms with E-state index in [4.69, 9.17) is 13.9 Å². The largest absolute Gasteiger partial charge is 0.468 e. The summed E-state index contributed by atoms with van der Waals surface area (Å²) in [5.41, 5.74) is 1.23. The summed E-state index contributed by atoms with van der Waals surface area (Å²) in [5, 5.41) is 3.59. The van der Waals surface area contributed by atoms with Crippen LogP contribution in [0.2, 0.25) is 0 Å². The molecule has 2 fully saturated rings. The molecule has 2 aromatic rings. The molecule has 1 aromatic carbocycles. The molecule has 2 heterocycles. The maximum Gasteiger partial charge on any atom is 0.410 e. The van der Waals surface area contributed by atoms with Gasteiger partial charge >= 0.3 is 6.09 Å². The first kappa shape index (κ1) is 34.1. The van der Waals surface area contributed by atoms with Crippen LogP contribution in [0.15, 0.2) is 28.7 Å². The fourth-order valence-electron chi connectivity index (χ4n) is 5.55. The van der Waals surface area contributed by atoms with Crippen molar-refractivity contribution in [3.8, 4) is 0 Å². The van der Waals surface area contributed by atoms with E-state index >= 15 is 0 Å². The molecule has 230 valence electrons. The highest BCUT2D eigenvalue weighted by Gasteiger charge is 2.40. The van der Waals surface area contributed by atoms with Crippen LogP contribution in [0.3, 0.4) is 0 Å². The van der Waals surface area contributed by atoms with Crippen LogP contribution < -0.4 is 5.32 Å². The van der Waals surface area contributed by atoms with Crippen molar-refractivity contribution in [1.82, 2.24) is 4.90 Å². The summed E-state index contributed by atoms with van der Waals surface area (Å²) in [6.07, 6.45) is 10.4. The van der Waals surface area contributed by atoms with Gasteiger partial charge in [-0.3, -0.25) is 9.59 Å². The van der Waals surface area contributed by atoms with Gasteiger partial charge in [0.15, 0.2) is 0 Å². The van der Waals surface area contributed by atoms with Crippen molar-refractivity contribution in [3.05, 3.63) is 30.0 Å². The summed E-state index contributed by atoms with van der Waals surface area (Å²) in [6.45, 7) is 12.5. The predicted molar refractivity (Wildman–Crippen MR) is 161 cm³/mol. The number of benzene rings is 1. The second-order valence-electron chi connectivity index (χ2n) is 11.8. The van der Waals surface area contributed by atoms with E-state index in [9.17, 15) is 14.4 Å². The van der Waals surface area contributed by atoms with Gasteiger partial charge in [0, 0.05) is 37.4 Å². The molecule has 9 nitrogen and oxygen atoms in total. The average molecular weight is 575 g/mol. The summed E-state index contributed by atoms with van der Waals surface area (Å²) in [5.74, 6) is 2.39. The number of carbonyl (C=O) groups excluding carboxylic acids is 3. The highest BCUT2D eigenvalue weighted by Crippen LogP contribution is 2.39. The zero-order valence-corrected chi connectivity index (χ0v) is 25.8. The fraction of sp³-hybridized carbons (Fsp3) is 0.656. The third kappa shape index (κ3) is 12.1. The van der Waals surface area contributed by atoms with Crippen molar-refractivity contribution in [2.24, 2.45) is 11.8 Å². The predicted octanol–water partition coefficient (Wildman–Crippen LogP) is 7.11. The van der Waals surface area contributed by atoms with Crippen LogP contribution in [-0.2, 0) is 23.8 Å². The zero-order valence-electron chi connectivity index (χ0n) is 25.8. The number of likely N-dealkylation sites (tertiary alicyclic amines) is 1. The molecule has 2 atom stereocenters. The molecule has 0 bridgehead atoms. The first-order valence-corrected chi connectivity index (χ1v) is 14.8. The Kier molecular flexibility index (Phi) is 14.7. The number of fused-ring (bicyclic) bond motifs is 1. The number of hydrogen-bond donors (Lipinski definition) is 1. The molecule has 1 aromatic heterocycles. The summed E-state index contributed by atoms with van der Waals surface area (Å²) >= 11 is 0. The Balaban J connectivity index is 0.000000232. The highest BCUT2D eigenvalue weighted by atomic mass is 16.6. The molecule has 4 rings (SSSR count). The van der Waals surface area contributed by atoms with Gasteiger partial charge in [0.25, 0.3) is 6.47 Å². The molecular formula is C32H50N2O7. The molecule has 2 unspecified atom stereocenters. The lowest BCUT2D eigenvalue weighted by Crippen LogP contribution is -2.41. The maximum atomic E-state index is 12.2. The van der Waals surface area contributed by atoms with Gasteiger partial charge in [0.1, 0.15) is 16.9 Å². The number of anilines is 1. The molecule has 2 amide bonds. The minimum Gasteiger partial charge on any atom is -0.468 e. The smallest absolute Gasteiger partial charge is 0.410 e. The Morgan fingerprint density at radius 3 is 2.41 bits per heavy atom. The van der Waals surface area contributed by atoms with Gasteiger partial charge in [-0.2, -0.15) is 0 Å². The lowest BCUT2D eigenvalue weighted by atomic mass is 9.77. The quantitative estimate of drug-likeness (QED) is 0.251. The first-order valence-electron chi connectivity index (χ1n) is 14.8. The Bertz CT molecular complexity index is 1060. The number of unbranched alkanes of at least 4 members (excludes halogenated alkanes) is 1. The normalized spacial score (nSPS) is 18.9. The molecule has 1 aliphatic carbocycles. The third-order valence-corrected chi connectivity index (χ3v) is 7.49. The Labute approximate surface area is 245 Å². The van der Waals surface area contributed by atoms with Gasteiger partial charge in [0.2, 0.25) is 6.41 Å². The average Bonchev–Trinajstić information content (AvgIpc) is 3.50. The van der Waals surface area contributed by atoms with E-state index < -0.39 is 0 Å². The van der Waals surface area contributed by atoms with Gasteiger partial charge < -0.3 is 28.8 Å². The Hall–Kier alpha value is -3.07. The molecule has 1 saturated carbocycles. The van der Waals surface area contributed by atoms with Crippen molar-refractivity contribution in [2.75, 3.05) is 32.2 Å². The van der Waals surface area contributed by atoms with E-state index in [1.807, 2.05) is 50.8 Å². The van der Waals surface area contributed by atoms with Gasteiger partial charge in [-0.1, -0.05) is 32.1 Å². The number of ether oxygens (including phenoxy) is 3. The minimum absolute atomic E-state index is 0.127. The third-order valence-electron chi connectivity index (χ3n) is 7.49. The molecular weight excluding hydrogens is 524 g/mol. The molecule has 0 radical (unpaired) electrons. The van der Waals surface area contributed by atoms with Crippen LogP contribution >= 0.6 is 0 Å². The number of methoxy groups -OCH3 is 1. The van der Waals surface area contributed by atoms with E-state index in [2.05, 4.69) is 17.0 Å².